The molecule has 0 aromatic carbocycles. The smallest absolute Gasteiger partial charge is 0.273 e. The molecular weight excluding hydrogens is 282 g/mol. The molecule has 2 aromatic heterocycles. The van der Waals surface area contributed by atoms with Crippen LogP contribution in [0, 0.1) is 0 Å². The van der Waals surface area contributed by atoms with Gasteiger partial charge >= 0.3 is 0 Å². The first-order valence-electron chi connectivity index (χ1n) is 7.76. The number of hydrogen-bond acceptors (Lipinski definition) is 5. The van der Waals surface area contributed by atoms with Gasteiger partial charge in [-0.15, -0.1) is 0 Å². The fourth-order valence-electron chi connectivity index (χ4n) is 2.91. The zero-order chi connectivity index (χ0) is 14.9. The zero-order valence-electron chi connectivity index (χ0n) is 12.3. The highest BCUT2D eigenvalue weighted by atomic mass is 16.5. The lowest BCUT2D eigenvalue weighted by Gasteiger charge is -2.14. The highest BCUT2D eigenvalue weighted by molar-refractivity contribution is 5.92. The minimum Gasteiger partial charge on any atom is -0.360 e. The van der Waals surface area contributed by atoms with Crippen LogP contribution >= 0.6 is 0 Å². The Morgan fingerprint density at radius 3 is 3.14 bits per heavy atom. The van der Waals surface area contributed by atoms with Crippen LogP contribution in [0.5, 0.6) is 0 Å². The number of aromatic nitrogens is 3. The van der Waals surface area contributed by atoms with E-state index in [0.29, 0.717) is 11.6 Å². The van der Waals surface area contributed by atoms with E-state index in [0.717, 1.165) is 50.5 Å². The molecule has 0 radical (unpaired) electrons. The average molecular weight is 301 g/mol. The van der Waals surface area contributed by atoms with Gasteiger partial charge in [-0.3, -0.25) is 9.69 Å². The van der Waals surface area contributed by atoms with Gasteiger partial charge in [0, 0.05) is 43.5 Å². The lowest BCUT2D eigenvalue weighted by molar-refractivity contribution is 0.0928. The van der Waals surface area contributed by atoms with E-state index in [9.17, 15) is 4.79 Å². The molecule has 1 saturated heterocycles. The number of rotatable bonds is 5. The summed E-state index contributed by atoms with van der Waals surface area (Å²) in [5.74, 6) is 2.14. The van der Waals surface area contributed by atoms with Crippen molar-refractivity contribution < 1.29 is 9.32 Å². The molecule has 22 heavy (non-hydrogen) atoms. The number of likely N-dealkylation sites (tertiary alicyclic amines) is 1. The van der Waals surface area contributed by atoms with Crippen molar-refractivity contribution in [2.45, 2.75) is 37.8 Å². The van der Waals surface area contributed by atoms with Gasteiger partial charge in [-0.25, -0.2) is 4.98 Å². The fraction of sp³-hybridized carbons (Fsp3) is 0.533. The molecule has 1 amide bonds. The highest BCUT2D eigenvalue weighted by Gasteiger charge is 2.30. The Kier molecular flexibility index (Phi) is 3.42. The topological polar surface area (TPSA) is 87.0 Å². The Labute approximate surface area is 128 Å². The molecule has 2 N–H and O–H groups in total. The minimum absolute atomic E-state index is 0.138. The summed E-state index contributed by atoms with van der Waals surface area (Å²) in [6.07, 6.45) is 6.81. The lowest BCUT2D eigenvalue weighted by Crippen LogP contribution is -2.37. The van der Waals surface area contributed by atoms with Crippen LogP contribution < -0.4 is 5.32 Å². The summed E-state index contributed by atoms with van der Waals surface area (Å²) in [6, 6.07) is 1.94. The zero-order valence-corrected chi connectivity index (χ0v) is 12.3. The molecule has 1 aliphatic carbocycles. The SMILES string of the molecule is O=C(NC1CCN(Cc2ncc[nH]2)C1)c1cc(C2CC2)on1. The molecule has 1 unspecified atom stereocenters. The number of amides is 1. The largest absolute Gasteiger partial charge is 0.360 e. The van der Waals surface area contributed by atoms with Crippen LogP contribution in [0.25, 0.3) is 0 Å². The van der Waals surface area contributed by atoms with Crippen molar-refractivity contribution in [1.29, 1.82) is 0 Å². The van der Waals surface area contributed by atoms with E-state index in [2.05, 4.69) is 25.3 Å². The molecule has 0 bridgehead atoms. The molecule has 7 nitrogen and oxygen atoms in total. The van der Waals surface area contributed by atoms with Crippen molar-refractivity contribution >= 4 is 5.91 Å². The van der Waals surface area contributed by atoms with Crippen molar-refractivity contribution in [3.8, 4) is 0 Å². The monoisotopic (exact) mass is 301 g/mol. The van der Waals surface area contributed by atoms with Crippen LogP contribution in [-0.2, 0) is 6.54 Å². The Balaban J connectivity index is 1.30. The van der Waals surface area contributed by atoms with Gasteiger partial charge in [0.15, 0.2) is 5.69 Å². The highest BCUT2D eigenvalue weighted by Crippen LogP contribution is 2.40. The van der Waals surface area contributed by atoms with Crippen LogP contribution in [0.3, 0.4) is 0 Å². The first-order chi connectivity index (χ1) is 10.8. The molecule has 3 heterocycles. The Hall–Kier alpha value is -2.15. The number of imidazole rings is 1. The van der Waals surface area contributed by atoms with Gasteiger partial charge in [0.1, 0.15) is 11.6 Å². The molecule has 2 fully saturated rings. The van der Waals surface area contributed by atoms with E-state index in [4.69, 9.17) is 4.52 Å². The summed E-state index contributed by atoms with van der Waals surface area (Å²) in [6.45, 7) is 2.58. The maximum atomic E-state index is 12.2. The van der Waals surface area contributed by atoms with Crippen molar-refractivity contribution in [2.75, 3.05) is 13.1 Å². The van der Waals surface area contributed by atoms with E-state index in [1.165, 1.54) is 0 Å². The van der Waals surface area contributed by atoms with Crippen molar-refractivity contribution in [3.05, 3.63) is 35.7 Å². The molecule has 4 rings (SSSR count). The standard InChI is InChI=1S/C15H19N5O2/c21-15(12-7-13(22-19-12)10-1-2-10)18-11-3-6-20(8-11)9-14-16-4-5-17-14/h4-5,7,10-11H,1-3,6,8-9H2,(H,16,17)(H,18,21). The van der Waals surface area contributed by atoms with Crippen LogP contribution in [0.15, 0.2) is 23.0 Å². The van der Waals surface area contributed by atoms with Crippen LogP contribution in [0.2, 0.25) is 0 Å². The second kappa shape index (κ2) is 5.57. The van der Waals surface area contributed by atoms with E-state index < -0.39 is 0 Å². The van der Waals surface area contributed by atoms with Gasteiger partial charge in [0.05, 0.1) is 6.54 Å². The normalized spacial score (nSPS) is 22.1. The number of H-pyrrole nitrogens is 1. The molecule has 0 spiro atoms. The fourth-order valence-corrected chi connectivity index (χ4v) is 2.91. The van der Waals surface area contributed by atoms with Crippen LogP contribution in [0.1, 0.15) is 47.3 Å². The van der Waals surface area contributed by atoms with Gasteiger partial charge in [-0.05, 0) is 19.3 Å². The third-order valence-corrected chi connectivity index (χ3v) is 4.28. The van der Waals surface area contributed by atoms with Gasteiger partial charge in [0.25, 0.3) is 5.91 Å². The van der Waals surface area contributed by atoms with E-state index in [1.54, 1.807) is 12.3 Å². The molecular formula is C15H19N5O2. The Morgan fingerprint density at radius 1 is 1.45 bits per heavy atom. The number of aromatic amines is 1. The Morgan fingerprint density at radius 2 is 2.36 bits per heavy atom. The summed E-state index contributed by atoms with van der Waals surface area (Å²) in [4.78, 5) is 21.8. The van der Waals surface area contributed by atoms with Crippen LogP contribution in [0.4, 0.5) is 0 Å². The molecule has 1 atom stereocenters. The van der Waals surface area contributed by atoms with E-state index >= 15 is 0 Å². The van der Waals surface area contributed by atoms with Crippen LogP contribution in [-0.4, -0.2) is 45.1 Å². The van der Waals surface area contributed by atoms with E-state index in [-0.39, 0.29) is 11.9 Å². The molecule has 1 aliphatic heterocycles. The first kappa shape index (κ1) is 13.5. The van der Waals surface area contributed by atoms with Crippen molar-refractivity contribution in [2.24, 2.45) is 0 Å². The maximum absolute atomic E-state index is 12.2. The summed E-state index contributed by atoms with van der Waals surface area (Å²) in [7, 11) is 0. The number of nitrogens with zero attached hydrogens (tertiary/aromatic N) is 3. The second-order valence-electron chi connectivity index (χ2n) is 6.12. The number of nitrogens with one attached hydrogen (secondary N) is 2. The second-order valence-corrected chi connectivity index (χ2v) is 6.12. The molecule has 7 heteroatoms. The summed E-state index contributed by atoms with van der Waals surface area (Å²) < 4.78 is 5.23. The van der Waals surface area contributed by atoms with Gasteiger partial charge < -0.3 is 14.8 Å². The molecule has 116 valence electrons. The number of carbonyl (C=O) groups is 1. The number of hydrogen-bond donors (Lipinski definition) is 2. The summed E-state index contributed by atoms with van der Waals surface area (Å²) >= 11 is 0. The van der Waals surface area contributed by atoms with Gasteiger partial charge in [-0.1, -0.05) is 5.16 Å². The lowest BCUT2D eigenvalue weighted by atomic mass is 10.2. The number of carbonyl (C=O) groups excluding carboxylic acids is 1. The summed E-state index contributed by atoms with van der Waals surface area (Å²) in [5.41, 5.74) is 0.395. The predicted molar refractivity (Wildman–Crippen MR) is 78.2 cm³/mol. The third kappa shape index (κ3) is 2.89. The van der Waals surface area contributed by atoms with Gasteiger partial charge in [0.2, 0.25) is 0 Å². The van der Waals surface area contributed by atoms with Gasteiger partial charge in [-0.2, -0.15) is 0 Å². The molecule has 2 aromatic rings. The first-order valence-corrected chi connectivity index (χ1v) is 7.76. The summed E-state index contributed by atoms with van der Waals surface area (Å²) in [5, 5.41) is 6.93. The van der Waals surface area contributed by atoms with E-state index in [1.807, 2.05) is 6.20 Å². The minimum atomic E-state index is -0.138. The van der Waals surface area contributed by atoms with Crippen molar-refractivity contribution in [3.63, 3.8) is 0 Å². The predicted octanol–water partition coefficient (Wildman–Crippen LogP) is 1.28. The molecule has 2 aliphatic rings. The maximum Gasteiger partial charge on any atom is 0.273 e. The quantitative estimate of drug-likeness (QED) is 0.868. The average Bonchev–Trinajstić information content (AvgIpc) is 2.96. The Bertz CT molecular complexity index is 647. The molecule has 1 saturated carbocycles. The third-order valence-electron chi connectivity index (χ3n) is 4.28. The van der Waals surface area contributed by atoms with Crippen molar-refractivity contribution in [1.82, 2.24) is 25.3 Å².